The minimum absolute atomic E-state index is 0. The standard InChI is InChI=1S/C14H20FN.C10H12O3.C2H6.CH5N.H2O/c1-12-6-7-13(11-14(12)15)5-4-10-16-8-2-3-9-16;1-12-9-3-5-10(6-4-9)13-8-2-7-11;2*1-2;/h6-7,11H,2-5,8-10H2,1H3;3-7H,2,8H2,1H3;1-2H3;2H2,1H3;1H2. The van der Waals surface area contributed by atoms with Crippen molar-refractivity contribution in [2.24, 2.45) is 5.73 Å². The molecular formula is C27H45FN2O4. The molecule has 34 heavy (non-hydrogen) atoms. The van der Waals surface area contributed by atoms with Gasteiger partial charge in [0, 0.05) is 6.42 Å². The second kappa shape index (κ2) is 22.3. The van der Waals surface area contributed by atoms with E-state index in [4.69, 9.17) is 9.47 Å². The molecule has 1 heterocycles. The van der Waals surface area contributed by atoms with Crippen LogP contribution >= 0.6 is 0 Å². The largest absolute Gasteiger partial charge is 0.497 e. The summed E-state index contributed by atoms with van der Waals surface area (Å²) in [6, 6.07) is 12.8. The van der Waals surface area contributed by atoms with Gasteiger partial charge in [-0.05, 0) is 101 Å². The molecule has 194 valence electrons. The number of aryl methyl sites for hydroxylation is 2. The van der Waals surface area contributed by atoms with Crippen LogP contribution < -0.4 is 15.2 Å². The number of nitrogens with two attached hydrogens (primary N) is 1. The summed E-state index contributed by atoms with van der Waals surface area (Å²) < 4.78 is 23.5. The van der Waals surface area contributed by atoms with Crippen molar-refractivity contribution in [2.45, 2.75) is 52.9 Å². The first-order valence-corrected chi connectivity index (χ1v) is 11.9. The Kier molecular flexibility index (Phi) is 22.1. The van der Waals surface area contributed by atoms with Gasteiger partial charge in [-0.25, -0.2) is 4.39 Å². The zero-order chi connectivity index (χ0) is 24.9. The van der Waals surface area contributed by atoms with Gasteiger partial charge in [-0.1, -0.05) is 26.0 Å². The molecular weight excluding hydrogens is 435 g/mol. The molecule has 0 atom stereocenters. The van der Waals surface area contributed by atoms with Crippen LogP contribution in [0.5, 0.6) is 11.5 Å². The third-order valence-electron chi connectivity index (χ3n) is 4.94. The van der Waals surface area contributed by atoms with Crippen LogP contribution in [-0.4, -0.2) is 57.1 Å². The van der Waals surface area contributed by atoms with Crippen LogP contribution in [0.3, 0.4) is 0 Å². The van der Waals surface area contributed by atoms with Crippen molar-refractivity contribution >= 4 is 6.29 Å². The number of aldehydes is 1. The predicted molar refractivity (Wildman–Crippen MR) is 139 cm³/mol. The Morgan fingerprint density at radius 2 is 1.62 bits per heavy atom. The molecule has 6 nitrogen and oxygen atoms in total. The van der Waals surface area contributed by atoms with E-state index in [0.717, 1.165) is 48.3 Å². The highest BCUT2D eigenvalue weighted by molar-refractivity contribution is 5.49. The van der Waals surface area contributed by atoms with Crippen LogP contribution in [-0.2, 0) is 11.2 Å². The number of benzene rings is 2. The van der Waals surface area contributed by atoms with Crippen molar-refractivity contribution in [2.75, 3.05) is 40.4 Å². The molecule has 7 heteroatoms. The minimum atomic E-state index is -0.0707. The lowest BCUT2D eigenvalue weighted by molar-refractivity contribution is -0.108. The van der Waals surface area contributed by atoms with Gasteiger partial charge in [0.2, 0.25) is 0 Å². The number of nitrogens with zero attached hydrogens (tertiary/aromatic N) is 1. The fourth-order valence-electron chi connectivity index (χ4n) is 3.20. The highest BCUT2D eigenvalue weighted by Gasteiger charge is 2.10. The van der Waals surface area contributed by atoms with Gasteiger partial charge in [-0.15, -0.1) is 0 Å². The van der Waals surface area contributed by atoms with Crippen molar-refractivity contribution < 1.29 is 24.1 Å². The van der Waals surface area contributed by atoms with E-state index in [2.05, 4.69) is 10.6 Å². The van der Waals surface area contributed by atoms with Gasteiger partial charge < -0.3 is 30.4 Å². The smallest absolute Gasteiger partial charge is 0.126 e. The minimum Gasteiger partial charge on any atom is -0.497 e. The first-order chi connectivity index (χ1) is 16.1. The molecule has 1 fully saturated rings. The highest BCUT2D eigenvalue weighted by Crippen LogP contribution is 2.17. The second-order valence-corrected chi connectivity index (χ2v) is 7.22. The molecule has 0 aliphatic carbocycles. The Hall–Kier alpha value is -2.48. The van der Waals surface area contributed by atoms with E-state index < -0.39 is 0 Å². The summed E-state index contributed by atoms with van der Waals surface area (Å²) in [6.07, 6.45) is 6.09. The maximum Gasteiger partial charge on any atom is 0.126 e. The van der Waals surface area contributed by atoms with Gasteiger partial charge in [-0.2, -0.15) is 0 Å². The van der Waals surface area contributed by atoms with Gasteiger partial charge in [0.25, 0.3) is 0 Å². The van der Waals surface area contributed by atoms with E-state index in [0.29, 0.717) is 13.0 Å². The van der Waals surface area contributed by atoms with Gasteiger partial charge in [0.1, 0.15) is 23.6 Å². The van der Waals surface area contributed by atoms with Crippen LogP contribution in [0, 0.1) is 12.7 Å². The van der Waals surface area contributed by atoms with E-state index in [1.165, 1.54) is 33.0 Å². The Morgan fingerprint density at radius 1 is 1.03 bits per heavy atom. The molecule has 1 saturated heterocycles. The first kappa shape index (κ1) is 33.7. The van der Waals surface area contributed by atoms with Crippen molar-refractivity contribution in [1.82, 2.24) is 4.90 Å². The Bertz CT molecular complexity index is 736. The molecule has 0 aromatic heterocycles. The molecule has 0 spiro atoms. The lowest BCUT2D eigenvalue weighted by Crippen LogP contribution is -2.20. The van der Waals surface area contributed by atoms with Gasteiger partial charge in [0.15, 0.2) is 0 Å². The number of carbonyl (C=O) groups is 1. The van der Waals surface area contributed by atoms with Crippen molar-refractivity contribution in [3.63, 3.8) is 0 Å². The van der Waals surface area contributed by atoms with Crippen molar-refractivity contribution in [1.29, 1.82) is 0 Å². The zero-order valence-electron chi connectivity index (χ0n) is 21.6. The maximum absolute atomic E-state index is 13.3. The number of halogens is 1. The second-order valence-electron chi connectivity index (χ2n) is 7.22. The molecule has 2 aromatic rings. The van der Waals surface area contributed by atoms with Crippen molar-refractivity contribution in [3.05, 3.63) is 59.4 Å². The van der Waals surface area contributed by atoms with Crippen molar-refractivity contribution in [3.8, 4) is 11.5 Å². The van der Waals surface area contributed by atoms with E-state index in [1.807, 2.05) is 57.2 Å². The fourth-order valence-corrected chi connectivity index (χ4v) is 3.20. The summed E-state index contributed by atoms with van der Waals surface area (Å²) in [5.74, 6) is 1.48. The third-order valence-corrected chi connectivity index (χ3v) is 4.94. The van der Waals surface area contributed by atoms with Gasteiger partial charge >= 0.3 is 0 Å². The van der Waals surface area contributed by atoms with E-state index >= 15 is 0 Å². The van der Waals surface area contributed by atoms with Crippen LogP contribution in [0.25, 0.3) is 0 Å². The number of rotatable bonds is 9. The summed E-state index contributed by atoms with van der Waals surface area (Å²) in [6.45, 7) is 9.90. The zero-order valence-corrected chi connectivity index (χ0v) is 21.6. The van der Waals surface area contributed by atoms with E-state index in [1.54, 1.807) is 13.2 Å². The number of ether oxygens (including phenoxy) is 2. The van der Waals surface area contributed by atoms with E-state index in [9.17, 15) is 9.18 Å². The lowest BCUT2D eigenvalue weighted by Gasteiger charge is -2.14. The molecule has 0 unspecified atom stereocenters. The fraction of sp³-hybridized carbons (Fsp3) is 0.519. The summed E-state index contributed by atoms with van der Waals surface area (Å²) >= 11 is 0. The SMILES string of the molecule is CC.CN.COc1ccc(OCCC=O)cc1.Cc1ccc(CCCN2CCCC2)cc1F.O. The van der Waals surface area contributed by atoms with Crippen LogP contribution in [0.4, 0.5) is 4.39 Å². The summed E-state index contributed by atoms with van der Waals surface area (Å²) in [7, 11) is 3.11. The third kappa shape index (κ3) is 14.6. The van der Waals surface area contributed by atoms with Gasteiger partial charge in [0.05, 0.1) is 13.7 Å². The monoisotopic (exact) mass is 480 g/mol. The molecule has 0 radical (unpaired) electrons. The quantitative estimate of drug-likeness (QED) is 0.418. The summed E-state index contributed by atoms with van der Waals surface area (Å²) in [4.78, 5) is 12.5. The Balaban J connectivity index is 0. The summed E-state index contributed by atoms with van der Waals surface area (Å²) in [5, 5.41) is 0. The Morgan fingerprint density at radius 3 is 2.15 bits per heavy atom. The topological polar surface area (TPSA) is 96.3 Å². The molecule has 1 aliphatic heterocycles. The number of likely N-dealkylation sites (tertiary alicyclic amines) is 1. The average molecular weight is 481 g/mol. The maximum atomic E-state index is 13.3. The molecule has 2 aromatic carbocycles. The Labute approximate surface area is 205 Å². The predicted octanol–water partition coefficient (Wildman–Crippen LogP) is 4.60. The highest BCUT2D eigenvalue weighted by atomic mass is 19.1. The van der Waals surface area contributed by atoms with Crippen LogP contribution in [0.15, 0.2) is 42.5 Å². The number of carbonyl (C=O) groups excluding carboxylic acids is 1. The average Bonchev–Trinajstić information content (AvgIpc) is 3.39. The van der Waals surface area contributed by atoms with Gasteiger partial charge in [-0.3, -0.25) is 0 Å². The molecule has 0 saturated carbocycles. The lowest BCUT2D eigenvalue weighted by atomic mass is 10.1. The molecule has 0 bridgehead atoms. The number of hydrogen-bond donors (Lipinski definition) is 1. The van der Waals surface area contributed by atoms with Crippen LogP contribution in [0.1, 0.15) is 50.7 Å². The van der Waals surface area contributed by atoms with Crippen LogP contribution in [0.2, 0.25) is 0 Å². The molecule has 0 amide bonds. The molecule has 1 aliphatic rings. The number of hydrogen-bond acceptors (Lipinski definition) is 5. The molecule has 3 rings (SSSR count). The number of methoxy groups -OCH3 is 1. The van der Waals surface area contributed by atoms with E-state index in [-0.39, 0.29) is 11.3 Å². The molecule has 4 N–H and O–H groups in total. The first-order valence-electron chi connectivity index (χ1n) is 11.9. The normalized spacial score (nSPS) is 11.9. The summed E-state index contributed by atoms with van der Waals surface area (Å²) in [5.41, 5.74) is 6.37.